The highest BCUT2D eigenvalue weighted by Crippen LogP contribution is 2.55. The molecule has 1 amide bonds. The van der Waals surface area contributed by atoms with Gasteiger partial charge in [0.1, 0.15) is 0 Å². The Morgan fingerprint density at radius 2 is 1.69 bits per heavy atom. The van der Waals surface area contributed by atoms with Gasteiger partial charge < -0.3 is 4.90 Å². The topological polar surface area (TPSA) is 54.3 Å². The summed E-state index contributed by atoms with van der Waals surface area (Å²) in [4.78, 5) is 17.3. The normalized spacial score (nSPS) is 39.4. The lowest BCUT2D eigenvalue weighted by molar-refractivity contribution is -0.0767. The first-order chi connectivity index (χ1) is 14.2. The first kappa shape index (κ1) is 18.3. The number of rotatable bonds is 4. The minimum Gasteiger partial charge on any atom is -0.337 e. The van der Waals surface area contributed by atoms with E-state index < -0.39 is 0 Å². The summed E-state index contributed by atoms with van der Waals surface area (Å²) in [6.45, 7) is 5.15. The summed E-state index contributed by atoms with van der Waals surface area (Å²) in [6, 6.07) is 0.855. The Morgan fingerprint density at radius 3 is 2.41 bits per heavy atom. The quantitative estimate of drug-likeness (QED) is 0.784. The molecule has 0 radical (unpaired) electrons. The summed E-state index contributed by atoms with van der Waals surface area (Å²) in [5.74, 6) is 4.75. The largest absolute Gasteiger partial charge is 0.337 e. The lowest BCUT2D eigenvalue weighted by Crippen LogP contribution is -2.58. The molecule has 1 aromatic heterocycles. The van der Waals surface area contributed by atoms with E-state index in [9.17, 15) is 4.79 Å². The molecule has 6 fully saturated rings. The number of likely N-dealkylation sites (tertiary alicyclic amines) is 2. The van der Waals surface area contributed by atoms with E-state index in [-0.39, 0.29) is 5.91 Å². The fourth-order valence-corrected chi connectivity index (χ4v) is 7.84. The van der Waals surface area contributed by atoms with Crippen LogP contribution in [-0.2, 0) is 6.54 Å². The van der Waals surface area contributed by atoms with Crippen LogP contribution < -0.4 is 0 Å². The van der Waals surface area contributed by atoms with Crippen LogP contribution in [0.3, 0.4) is 0 Å². The van der Waals surface area contributed by atoms with E-state index in [4.69, 9.17) is 0 Å². The predicted molar refractivity (Wildman–Crippen MR) is 110 cm³/mol. The molecule has 158 valence electrons. The van der Waals surface area contributed by atoms with Gasteiger partial charge in [-0.2, -0.15) is 0 Å². The van der Waals surface area contributed by atoms with Crippen LogP contribution in [0.5, 0.6) is 0 Å². The van der Waals surface area contributed by atoms with Gasteiger partial charge in [-0.05, 0) is 93.9 Å². The summed E-state index contributed by atoms with van der Waals surface area (Å²) in [6.07, 6.45) is 14.3. The van der Waals surface area contributed by atoms with E-state index in [1.165, 1.54) is 58.0 Å². The van der Waals surface area contributed by atoms with Crippen LogP contribution in [-0.4, -0.2) is 62.9 Å². The van der Waals surface area contributed by atoms with Gasteiger partial charge in [-0.15, -0.1) is 5.10 Å². The minimum atomic E-state index is 0.0626. The highest BCUT2D eigenvalue weighted by Gasteiger charge is 2.50. The lowest BCUT2D eigenvalue weighted by Gasteiger charge is -2.58. The van der Waals surface area contributed by atoms with Crippen molar-refractivity contribution < 1.29 is 4.79 Å². The molecule has 3 heterocycles. The molecular formula is C23H35N5O. The van der Waals surface area contributed by atoms with Gasteiger partial charge in [-0.3, -0.25) is 14.4 Å². The molecule has 4 bridgehead atoms. The molecule has 2 aliphatic heterocycles. The van der Waals surface area contributed by atoms with Crippen LogP contribution >= 0.6 is 0 Å². The van der Waals surface area contributed by atoms with Crippen LogP contribution in [0.25, 0.3) is 0 Å². The number of nitrogens with zero attached hydrogens (tertiary/aromatic N) is 5. The summed E-state index contributed by atoms with van der Waals surface area (Å²) in [5, 5.41) is 8.52. The van der Waals surface area contributed by atoms with Crippen molar-refractivity contribution in [3.63, 3.8) is 0 Å². The second-order valence-electron chi connectivity index (χ2n) is 10.7. The average molecular weight is 398 g/mol. The van der Waals surface area contributed by atoms with Crippen molar-refractivity contribution in [2.75, 3.05) is 26.2 Å². The molecular weight excluding hydrogens is 362 g/mol. The monoisotopic (exact) mass is 397 g/mol. The van der Waals surface area contributed by atoms with Crippen molar-refractivity contribution in [1.29, 1.82) is 0 Å². The number of hydrogen-bond donors (Lipinski definition) is 0. The second-order valence-corrected chi connectivity index (χ2v) is 10.7. The van der Waals surface area contributed by atoms with Crippen LogP contribution in [0.4, 0.5) is 0 Å². The molecule has 4 aliphatic carbocycles. The second kappa shape index (κ2) is 7.36. The first-order valence-electron chi connectivity index (χ1n) is 12.2. The highest BCUT2D eigenvalue weighted by molar-refractivity contribution is 5.92. The number of carbonyl (C=O) groups excluding carboxylic acids is 1. The molecule has 6 nitrogen and oxygen atoms in total. The van der Waals surface area contributed by atoms with Crippen LogP contribution in [0, 0.1) is 29.6 Å². The number of amides is 1. The molecule has 29 heavy (non-hydrogen) atoms. The van der Waals surface area contributed by atoms with Crippen molar-refractivity contribution >= 4 is 5.91 Å². The number of piperidine rings is 1. The molecule has 4 saturated carbocycles. The van der Waals surface area contributed by atoms with Crippen LogP contribution in [0.1, 0.15) is 68.3 Å². The fraction of sp³-hybridized carbons (Fsp3) is 0.870. The van der Waals surface area contributed by atoms with Crippen molar-refractivity contribution in [3.05, 3.63) is 11.9 Å². The molecule has 0 N–H and O–H groups in total. The third-order valence-electron chi connectivity index (χ3n) is 8.75. The predicted octanol–water partition coefficient (Wildman–Crippen LogP) is 3.05. The zero-order valence-corrected chi connectivity index (χ0v) is 17.6. The van der Waals surface area contributed by atoms with Crippen molar-refractivity contribution in [3.8, 4) is 0 Å². The van der Waals surface area contributed by atoms with Crippen LogP contribution in [0.15, 0.2) is 6.20 Å². The Bertz CT molecular complexity index is 726. The summed E-state index contributed by atoms with van der Waals surface area (Å²) >= 11 is 0. The first-order valence-corrected chi connectivity index (χ1v) is 12.2. The van der Waals surface area contributed by atoms with Crippen molar-refractivity contribution in [1.82, 2.24) is 24.8 Å². The molecule has 6 heteroatoms. The Morgan fingerprint density at radius 1 is 0.966 bits per heavy atom. The SMILES string of the molecule is O=C(c1cn(CC2CCCN(C3C4CC5CC(C4)CC3C5)C2)nn1)N1CCCC1. The third-order valence-corrected chi connectivity index (χ3v) is 8.75. The Balaban J connectivity index is 1.10. The summed E-state index contributed by atoms with van der Waals surface area (Å²) < 4.78 is 1.94. The van der Waals surface area contributed by atoms with Gasteiger partial charge in [-0.25, -0.2) is 0 Å². The lowest BCUT2D eigenvalue weighted by atomic mass is 9.53. The van der Waals surface area contributed by atoms with Gasteiger partial charge in [0.25, 0.3) is 5.91 Å². The van der Waals surface area contributed by atoms with Crippen molar-refractivity contribution in [2.24, 2.45) is 29.6 Å². The molecule has 2 saturated heterocycles. The van der Waals surface area contributed by atoms with Crippen molar-refractivity contribution in [2.45, 2.75) is 70.4 Å². The minimum absolute atomic E-state index is 0.0626. The third kappa shape index (κ3) is 3.41. The van der Waals surface area contributed by atoms with E-state index in [0.29, 0.717) is 11.6 Å². The van der Waals surface area contributed by atoms with E-state index in [0.717, 1.165) is 62.2 Å². The van der Waals surface area contributed by atoms with Crippen LogP contribution in [0.2, 0.25) is 0 Å². The van der Waals surface area contributed by atoms with Gasteiger partial charge in [-0.1, -0.05) is 5.21 Å². The molecule has 0 spiro atoms. The molecule has 1 aromatic rings. The van der Waals surface area contributed by atoms with E-state index in [1.807, 2.05) is 15.8 Å². The van der Waals surface area contributed by atoms with E-state index in [1.54, 1.807) is 0 Å². The molecule has 6 aliphatic rings. The number of aromatic nitrogens is 3. The average Bonchev–Trinajstić information content (AvgIpc) is 3.39. The number of carbonyl (C=O) groups is 1. The zero-order valence-electron chi connectivity index (χ0n) is 17.6. The van der Waals surface area contributed by atoms with Gasteiger partial charge in [0.2, 0.25) is 0 Å². The summed E-state index contributed by atoms with van der Waals surface area (Å²) in [7, 11) is 0. The molecule has 1 unspecified atom stereocenters. The van der Waals surface area contributed by atoms with E-state index in [2.05, 4.69) is 15.2 Å². The number of hydrogen-bond acceptors (Lipinski definition) is 4. The standard InChI is InChI=1S/C23H35N5O/c29-23(26-5-1-2-6-26)21-15-28(25-24-21)14-16-4-3-7-27(13-16)22-19-9-17-8-18(11-19)12-20(22)10-17/h15-20,22H,1-14H2. The van der Waals surface area contributed by atoms with E-state index >= 15 is 0 Å². The molecule has 7 rings (SSSR count). The zero-order chi connectivity index (χ0) is 19.4. The van der Waals surface area contributed by atoms with Gasteiger partial charge >= 0.3 is 0 Å². The maximum atomic E-state index is 12.6. The Hall–Kier alpha value is -1.43. The maximum Gasteiger partial charge on any atom is 0.276 e. The fourth-order valence-electron chi connectivity index (χ4n) is 7.84. The molecule has 0 aromatic carbocycles. The summed E-state index contributed by atoms with van der Waals surface area (Å²) in [5.41, 5.74) is 0.528. The molecule has 1 atom stereocenters. The smallest absolute Gasteiger partial charge is 0.276 e. The van der Waals surface area contributed by atoms with Gasteiger partial charge in [0, 0.05) is 32.2 Å². The maximum absolute atomic E-state index is 12.6. The Labute approximate surface area is 174 Å². The van der Waals surface area contributed by atoms with Gasteiger partial charge in [0.05, 0.1) is 6.20 Å². The Kier molecular flexibility index (Phi) is 4.66. The van der Waals surface area contributed by atoms with Gasteiger partial charge in [0.15, 0.2) is 5.69 Å². The highest BCUT2D eigenvalue weighted by atomic mass is 16.2.